The zero-order chi connectivity index (χ0) is 32.8. The first kappa shape index (κ1) is 33.8. The number of amides is 1. The summed E-state index contributed by atoms with van der Waals surface area (Å²) in [5, 5.41) is 2.77. The Kier molecular flexibility index (Phi) is 10.8. The lowest BCUT2D eigenvalue weighted by Gasteiger charge is -2.26. The Morgan fingerprint density at radius 1 is 1.02 bits per heavy atom. The number of carbonyl (C=O) groups is 2. The summed E-state index contributed by atoms with van der Waals surface area (Å²) < 4.78 is 99.0. The van der Waals surface area contributed by atoms with Crippen molar-refractivity contribution in [2.75, 3.05) is 23.8 Å². The Hall–Kier alpha value is -4.04. The molecule has 14 heteroatoms. The third-order valence-electron chi connectivity index (χ3n) is 7.40. The molecule has 3 aromatic rings. The van der Waals surface area contributed by atoms with E-state index < -0.39 is 52.3 Å². The minimum absolute atomic E-state index is 0.0520. The first-order valence-corrected chi connectivity index (χ1v) is 15.6. The third-order valence-corrected chi connectivity index (χ3v) is 9.15. The van der Waals surface area contributed by atoms with Crippen LogP contribution in [0.1, 0.15) is 47.3 Å². The van der Waals surface area contributed by atoms with Crippen molar-refractivity contribution < 1.29 is 49.4 Å². The lowest BCUT2D eigenvalue weighted by Crippen LogP contribution is -2.34. The summed E-state index contributed by atoms with van der Waals surface area (Å²) in [6.07, 6.45) is -4.20. The second-order valence-corrected chi connectivity index (χ2v) is 12.6. The molecule has 45 heavy (non-hydrogen) atoms. The van der Waals surface area contributed by atoms with Crippen molar-refractivity contribution in [2.24, 2.45) is 0 Å². The molecule has 0 saturated carbocycles. The number of benzene rings is 3. The number of aldehydes is 1. The fourth-order valence-corrected chi connectivity index (χ4v) is 5.91. The standard InChI is InChI=1S/C31H31F5N2O6S/c1-2-45(41,42)27-13-5-20(6-14-27)28(15-16-39)37-29(40)21-3-9-23(10-4-21)38-18-26(17-24(38)19-43-30(32)33)44-25-11-7-22(8-12-25)31(34,35)36/h3-14,16,24,26,28,30H,2,15,17-19H2,1H3,(H,37,40)/t24-,26-,28?/m0/s1. The second-order valence-electron chi connectivity index (χ2n) is 10.3. The number of nitrogens with zero attached hydrogens (tertiary/aromatic N) is 1. The number of alkyl halides is 5. The van der Waals surface area contributed by atoms with Crippen molar-refractivity contribution in [3.05, 3.63) is 89.5 Å². The van der Waals surface area contributed by atoms with Crippen molar-refractivity contribution in [1.82, 2.24) is 5.32 Å². The van der Waals surface area contributed by atoms with Crippen LogP contribution in [0.4, 0.5) is 27.6 Å². The van der Waals surface area contributed by atoms with Crippen LogP contribution in [0.2, 0.25) is 0 Å². The molecule has 0 spiro atoms. The maximum atomic E-state index is 13.1. The summed E-state index contributed by atoms with van der Waals surface area (Å²) in [5.41, 5.74) is 0.537. The van der Waals surface area contributed by atoms with Gasteiger partial charge in [0.05, 0.1) is 41.4 Å². The van der Waals surface area contributed by atoms with Gasteiger partial charge in [0.1, 0.15) is 18.1 Å². The third kappa shape index (κ3) is 8.78. The molecule has 0 aromatic heterocycles. The van der Waals surface area contributed by atoms with Gasteiger partial charge < -0.3 is 24.5 Å². The molecule has 0 aliphatic carbocycles. The molecule has 1 aliphatic rings. The van der Waals surface area contributed by atoms with Gasteiger partial charge >= 0.3 is 12.8 Å². The highest BCUT2D eigenvalue weighted by molar-refractivity contribution is 7.91. The van der Waals surface area contributed by atoms with Crippen LogP contribution in [0.15, 0.2) is 77.7 Å². The van der Waals surface area contributed by atoms with Crippen LogP contribution in [0.5, 0.6) is 5.75 Å². The van der Waals surface area contributed by atoms with Crippen molar-refractivity contribution in [2.45, 2.75) is 55.6 Å². The van der Waals surface area contributed by atoms with Crippen LogP contribution in [-0.4, -0.2) is 58.3 Å². The highest BCUT2D eigenvalue weighted by Crippen LogP contribution is 2.33. The normalized spacial score (nSPS) is 17.7. The summed E-state index contributed by atoms with van der Waals surface area (Å²) in [6.45, 7) is -1.59. The first-order chi connectivity index (χ1) is 21.3. The number of anilines is 1. The molecule has 1 amide bonds. The van der Waals surface area contributed by atoms with Crippen molar-refractivity contribution in [1.29, 1.82) is 0 Å². The Morgan fingerprint density at radius 2 is 1.67 bits per heavy atom. The largest absolute Gasteiger partial charge is 0.489 e. The van der Waals surface area contributed by atoms with E-state index in [-0.39, 0.29) is 48.0 Å². The summed E-state index contributed by atoms with van der Waals surface area (Å²) in [6, 6.07) is 15.1. The van der Waals surface area contributed by atoms with Gasteiger partial charge in [-0.3, -0.25) is 4.79 Å². The van der Waals surface area contributed by atoms with Gasteiger partial charge in [0.2, 0.25) is 0 Å². The number of hydrogen-bond donors (Lipinski definition) is 1. The quantitative estimate of drug-likeness (QED) is 0.183. The zero-order valence-electron chi connectivity index (χ0n) is 24.0. The maximum Gasteiger partial charge on any atom is 0.416 e. The molecule has 0 radical (unpaired) electrons. The van der Waals surface area contributed by atoms with Crippen molar-refractivity contribution >= 4 is 27.7 Å². The molecule has 0 bridgehead atoms. The van der Waals surface area contributed by atoms with Gasteiger partial charge in [-0.05, 0) is 66.2 Å². The number of nitrogens with one attached hydrogen (secondary N) is 1. The fraction of sp³-hybridized carbons (Fsp3) is 0.355. The van der Waals surface area contributed by atoms with E-state index in [1.54, 1.807) is 17.0 Å². The average Bonchev–Trinajstić information content (AvgIpc) is 3.42. The number of ether oxygens (including phenoxy) is 2. The number of halogens is 5. The minimum atomic E-state index is -4.50. The van der Waals surface area contributed by atoms with Crippen molar-refractivity contribution in [3.63, 3.8) is 0 Å². The summed E-state index contributed by atoms with van der Waals surface area (Å²) in [4.78, 5) is 26.3. The lowest BCUT2D eigenvalue weighted by atomic mass is 10.0. The molecule has 1 unspecified atom stereocenters. The van der Waals surface area contributed by atoms with Gasteiger partial charge in [0, 0.05) is 24.1 Å². The Bertz CT molecular complexity index is 1550. The molecule has 1 fully saturated rings. The van der Waals surface area contributed by atoms with Crippen LogP contribution in [-0.2, 0) is 25.5 Å². The predicted molar refractivity (Wildman–Crippen MR) is 155 cm³/mol. The molecule has 1 heterocycles. The number of rotatable bonds is 13. The molecular formula is C31H31F5N2O6S. The van der Waals surface area contributed by atoms with Crippen LogP contribution >= 0.6 is 0 Å². The molecule has 3 aromatic carbocycles. The number of hydrogen-bond acceptors (Lipinski definition) is 7. The van der Waals surface area contributed by atoms with E-state index in [0.29, 0.717) is 17.5 Å². The highest BCUT2D eigenvalue weighted by atomic mass is 32.2. The van der Waals surface area contributed by atoms with Crippen LogP contribution in [0, 0.1) is 0 Å². The molecule has 8 nitrogen and oxygen atoms in total. The lowest BCUT2D eigenvalue weighted by molar-refractivity contribution is -0.137. The van der Waals surface area contributed by atoms with Crippen LogP contribution in [0.25, 0.3) is 0 Å². The van der Waals surface area contributed by atoms with Gasteiger partial charge in [0.15, 0.2) is 9.84 Å². The number of carbonyl (C=O) groups excluding carboxylic acids is 2. The first-order valence-electron chi connectivity index (χ1n) is 14.0. The Labute approximate surface area is 257 Å². The van der Waals surface area contributed by atoms with E-state index in [4.69, 9.17) is 4.74 Å². The molecule has 1 N–H and O–H groups in total. The van der Waals surface area contributed by atoms with Gasteiger partial charge in [-0.15, -0.1) is 0 Å². The molecule has 3 atom stereocenters. The van der Waals surface area contributed by atoms with Gasteiger partial charge in [-0.1, -0.05) is 19.1 Å². The van der Waals surface area contributed by atoms with Gasteiger partial charge in [0.25, 0.3) is 5.91 Å². The van der Waals surface area contributed by atoms with Gasteiger partial charge in [-0.25, -0.2) is 8.42 Å². The Morgan fingerprint density at radius 3 is 2.22 bits per heavy atom. The highest BCUT2D eigenvalue weighted by Gasteiger charge is 2.35. The Balaban J connectivity index is 1.46. The average molecular weight is 655 g/mol. The fourth-order valence-electron chi connectivity index (χ4n) is 5.03. The molecule has 4 rings (SSSR count). The minimum Gasteiger partial charge on any atom is -0.489 e. The smallest absolute Gasteiger partial charge is 0.416 e. The molecule has 242 valence electrons. The van der Waals surface area contributed by atoms with Crippen LogP contribution in [0.3, 0.4) is 0 Å². The van der Waals surface area contributed by atoms with E-state index in [1.807, 2.05) is 0 Å². The zero-order valence-corrected chi connectivity index (χ0v) is 24.9. The van der Waals surface area contributed by atoms with E-state index >= 15 is 0 Å². The second kappa shape index (κ2) is 14.4. The maximum absolute atomic E-state index is 13.1. The molecule has 1 saturated heterocycles. The monoisotopic (exact) mass is 654 g/mol. The van der Waals surface area contributed by atoms with Crippen molar-refractivity contribution in [3.8, 4) is 5.75 Å². The molecular weight excluding hydrogens is 623 g/mol. The van der Waals surface area contributed by atoms with E-state index in [0.717, 1.165) is 12.1 Å². The SMILES string of the molecule is CCS(=O)(=O)c1ccc(C(CC=O)NC(=O)c2ccc(N3C[C@@H](Oc4ccc(C(F)(F)F)cc4)C[C@H]3COC(F)F)cc2)cc1. The van der Waals surface area contributed by atoms with Gasteiger partial charge in [-0.2, -0.15) is 22.0 Å². The predicted octanol–water partition coefficient (Wildman–Crippen LogP) is 5.82. The van der Waals surface area contributed by atoms with E-state index in [1.165, 1.54) is 55.5 Å². The summed E-state index contributed by atoms with van der Waals surface area (Å²) >= 11 is 0. The number of sulfone groups is 1. The van der Waals surface area contributed by atoms with E-state index in [9.17, 15) is 40.0 Å². The van der Waals surface area contributed by atoms with E-state index in [2.05, 4.69) is 10.1 Å². The summed E-state index contributed by atoms with van der Waals surface area (Å²) in [5.74, 6) is -0.371. The van der Waals surface area contributed by atoms with Crippen LogP contribution < -0.4 is 15.0 Å². The molecule has 1 aliphatic heterocycles. The topological polar surface area (TPSA) is 102 Å². The summed E-state index contributed by atoms with van der Waals surface area (Å²) in [7, 11) is -3.42.